The van der Waals surface area contributed by atoms with Gasteiger partial charge >= 0.3 is 6.03 Å². The molecule has 0 saturated carbocycles. The second kappa shape index (κ2) is 10.7. The third kappa shape index (κ3) is 6.38. The van der Waals surface area contributed by atoms with Crippen molar-refractivity contribution in [3.05, 3.63) is 70.9 Å². The lowest BCUT2D eigenvalue weighted by molar-refractivity contribution is -0.116. The molecule has 180 valence electrons. The molecule has 3 rings (SSSR count). The first-order valence-corrected chi connectivity index (χ1v) is 11.8. The summed E-state index contributed by atoms with van der Waals surface area (Å²) in [7, 11) is 0. The van der Waals surface area contributed by atoms with E-state index in [1.165, 1.54) is 4.90 Å². The largest absolute Gasteiger partial charge is 0.322 e. The van der Waals surface area contributed by atoms with Crippen LogP contribution in [0.3, 0.4) is 0 Å². The van der Waals surface area contributed by atoms with Gasteiger partial charge in [-0.05, 0) is 55.3 Å². The molecule has 1 heterocycles. The van der Waals surface area contributed by atoms with Crippen LogP contribution in [0.2, 0.25) is 5.02 Å². The van der Waals surface area contributed by atoms with Gasteiger partial charge in [0.1, 0.15) is 12.4 Å². The smallest absolute Gasteiger partial charge is 0.315 e. The van der Waals surface area contributed by atoms with E-state index in [0.717, 1.165) is 23.4 Å². The molecular weight excluding hydrogens is 450 g/mol. The van der Waals surface area contributed by atoms with E-state index in [0.29, 0.717) is 23.1 Å². The van der Waals surface area contributed by atoms with Gasteiger partial charge in [0.2, 0.25) is 5.91 Å². The quantitative estimate of drug-likeness (QED) is 0.442. The summed E-state index contributed by atoms with van der Waals surface area (Å²) in [6.45, 7) is 10.4. The molecule has 1 aromatic heterocycles. The third-order valence-corrected chi connectivity index (χ3v) is 5.66. The maximum absolute atomic E-state index is 12.9. The zero-order valence-corrected chi connectivity index (χ0v) is 21.1. The van der Waals surface area contributed by atoms with Crippen LogP contribution in [0.25, 0.3) is 5.69 Å². The number of urea groups is 1. The van der Waals surface area contributed by atoms with Gasteiger partial charge in [0.25, 0.3) is 0 Å². The summed E-state index contributed by atoms with van der Waals surface area (Å²) < 4.78 is 1.68. The molecule has 0 aliphatic carbocycles. The Hall–Kier alpha value is -3.32. The van der Waals surface area contributed by atoms with E-state index in [9.17, 15) is 9.59 Å². The van der Waals surface area contributed by atoms with E-state index in [2.05, 4.69) is 38.3 Å². The minimum atomic E-state index is -0.326. The Bertz CT molecular complexity index is 1150. The zero-order valence-electron chi connectivity index (χ0n) is 20.4. The number of hydrogen-bond donors (Lipinski definition) is 2. The highest BCUT2D eigenvalue weighted by molar-refractivity contribution is 6.30. The standard InChI is InChI=1S/C26H32ClN5O2/c1-6-18-9-8-10-20(15-18)28-25(34)31(7-2)17-24(33)29-23-16-22(26(3,4)5)30-32(23)21-13-11-19(27)12-14-21/h8-16H,6-7,17H2,1-5H3,(H,28,34)(H,29,33). The molecule has 0 bridgehead atoms. The van der Waals surface area contributed by atoms with Crippen molar-refractivity contribution >= 4 is 35.0 Å². The molecule has 0 spiro atoms. The molecule has 34 heavy (non-hydrogen) atoms. The molecule has 8 heteroatoms. The normalized spacial score (nSPS) is 11.2. The van der Waals surface area contributed by atoms with Gasteiger partial charge in [-0.25, -0.2) is 9.48 Å². The van der Waals surface area contributed by atoms with Crippen LogP contribution in [0.5, 0.6) is 0 Å². The first kappa shape index (κ1) is 25.3. The van der Waals surface area contributed by atoms with E-state index >= 15 is 0 Å². The van der Waals surface area contributed by atoms with Gasteiger partial charge in [0, 0.05) is 28.7 Å². The summed E-state index contributed by atoms with van der Waals surface area (Å²) in [5, 5.41) is 11.1. The van der Waals surface area contributed by atoms with Gasteiger partial charge in [-0.2, -0.15) is 5.10 Å². The second-order valence-corrected chi connectivity index (χ2v) is 9.54. The Morgan fingerprint density at radius 1 is 1.03 bits per heavy atom. The van der Waals surface area contributed by atoms with Crippen molar-refractivity contribution in [2.24, 2.45) is 0 Å². The summed E-state index contributed by atoms with van der Waals surface area (Å²) >= 11 is 6.04. The maximum atomic E-state index is 12.9. The lowest BCUT2D eigenvalue weighted by Gasteiger charge is -2.21. The Labute approximate surface area is 206 Å². The summed E-state index contributed by atoms with van der Waals surface area (Å²) in [4.78, 5) is 27.2. The van der Waals surface area contributed by atoms with Gasteiger partial charge < -0.3 is 15.5 Å². The van der Waals surface area contributed by atoms with E-state index in [-0.39, 0.29) is 23.9 Å². The van der Waals surface area contributed by atoms with Crippen LogP contribution in [0.1, 0.15) is 45.9 Å². The number of halogens is 1. The number of likely N-dealkylation sites (N-methyl/N-ethyl adjacent to an activating group) is 1. The molecule has 2 N–H and O–H groups in total. The van der Waals surface area contributed by atoms with E-state index in [4.69, 9.17) is 16.7 Å². The highest BCUT2D eigenvalue weighted by Crippen LogP contribution is 2.27. The highest BCUT2D eigenvalue weighted by atomic mass is 35.5. The molecule has 0 aliphatic heterocycles. The second-order valence-electron chi connectivity index (χ2n) is 9.10. The van der Waals surface area contributed by atoms with E-state index in [1.54, 1.807) is 16.8 Å². The summed E-state index contributed by atoms with van der Waals surface area (Å²) in [6.07, 6.45) is 0.876. The number of aromatic nitrogens is 2. The first-order valence-electron chi connectivity index (χ1n) is 11.4. The minimum absolute atomic E-state index is 0.0908. The van der Waals surface area contributed by atoms with Gasteiger partial charge in [-0.15, -0.1) is 0 Å². The van der Waals surface area contributed by atoms with Crippen molar-refractivity contribution < 1.29 is 9.59 Å². The minimum Gasteiger partial charge on any atom is -0.315 e. The summed E-state index contributed by atoms with van der Waals surface area (Å²) in [6, 6.07) is 16.5. The topological polar surface area (TPSA) is 79.3 Å². The zero-order chi connectivity index (χ0) is 24.9. The number of nitrogens with one attached hydrogen (secondary N) is 2. The van der Waals surface area contributed by atoms with Gasteiger partial charge in [-0.1, -0.05) is 51.4 Å². The van der Waals surface area contributed by atoms with Gasteiger partial charge in [-0.3, -0.25) is 4.79 Å². The Balaban J connectivity index is 1.76. The maximum Gasteiger partial charge on any atom is 0.322 e. The molecule has 0 radical (unpaired) electrons. The molecular formula is C26H32ClN5O2. The monoisotopic (exact) mass is 481 g/mol. The SMILES string of the molecule is CCc1cccc(NC(=O)N(CC)CC(=O)Nc2cc(C(C)(C)C)nn2-c2ccc(Cl)cc2)c1. The fourth-order valence-electron chi connectivity index (χ4n) is 3.37. The van der Waals surface area contributed by atoms with Crippen LogP contribution in [-0.2, 0) is 16.6 Å². The summed E-state index contributed by atoms with van der Waals surface area (Å²) in [5.41, 5.74) is 3.23. The van der Waals surface area contributed by atoms with Crippen molar-refractivity contribution in [1.29, 1.82) is 0 Å². The van der Waals surface area contributed by atoms with Crippen LogP contribution >= 0.6 is 11.6 Å². The molecule has 0 atom stereocenters. The number of aryl methyl sites for hydroxylation is 1. The number of nitrogens with zero attached hydrogens (tertiary/aromatic N) is 3. The van der Waals surface area contributed by atoms with Crippen molar-refractivity contribution in [2.75, 3.05) is 23.7 Å². The first-order chi connectivity index (χ1) is 16.1. The lowest BCUT2D eigenvalue weighted by atomic mass is 9.92. The van der Waals surface area contributed by atoms with Crippen LogP contribution < -0.4 is 10.6 Å². The Morgan fingerprint density at radius 3 is 2.35 bits per heavy atom. The van der Waals surface area contributed by atoms with E-state index < -0.39 is 0 Å². The van der Waals surface area contributed by atoms with Gasteiger partial charge in [0.15, 0.2) is 0 Å². The fourth-order valence-corrected chi connectivity index (χ4v) is 3.50. The highest BCUT2D eigenvalue weighted by Gasteiger charge is 2.23. The molecule has 0 fully saturated rings. The van der Waals surface area contributed by atoms with Crippen molar-refractivity contribution in [3.63, 3.8) is 0 Å². The van der Waals surface area contributed by atoms with Crippen molar-refractivity contribution in [3.8, 4) is 5.69 Å². The molecule has 0 saturated heterocycles. The van der Waals surface area contributed by atoms with Crippen LogP contribution in [0.15, 0.2) is 54.6 Å². The van der Waals surface area contributed by atoms with Crippen molar-refractivity contribution in [2.45, 2.75) is 46.5 Å². The Kier molecular flexibility index (Phi) is 7.99. The van der Waals surface area contributed by atoms with Gasteiger partial charge in [0.05, 0.1) is 11.4 Å². The number of benzene rings is 2. The fraction of sp³-hybridized carbons (Fsp3) is 0.346. The van der Waals surface area contributed by atoms with Crippen LogP contribution in [0, 0.1) is 0 Å². The predicted octanol–water partition coefficient (Wildman–Crippen LogP) is 5.88. The number of amides is 3. The lowest BCUT2D eigenvalue weighted by Crippen LogP contribution is -2.40. The molecule has 7 nitrogen and oxygen atoms in total. The third-order valence-electron chi connectivity index (χ3n) is 5.41. The number of rotatable bonds is 7. The number of hydrogen-bond acceptors (Lipinski definition) is 3. The Morgan fingerprint density at radius 2 is 1.74 bits per heavy atom. The van der Waals surface area contributed by atoms with E-state index in [1.807, 2.05) is 49.4 Å². The average molecular weight is 482 g/mol. The number of carbonyl (C=O) groups is 2. The summed E-state index contributed by atoms with van der Waals surface area (Å²) in [5.74, 6) is 0.222. The predicted molar refractivity (Wildman–Crippen MR) is 138 cm³/mol. The molecule has 3 amide bonds. The van der Waals surface area contributed by atoms with Crippen LogP contribution in [-0.4, -0.2) is 39.7 Å². The average Bonchev–Trinajstić information content (AvgIpc) is 3.22. The molecule has 3 aromatic rings. The van der Waals surface area contributed by atoms with Crippen molar-refractivity contribution in [1.82, 2.24) is 14.7 Å². The van der Waals surface area contributed by atoms with Crippen LogP contribution in [0.4, 0.5) is 16.3 Å². The number of carbonyl (C=O) groups excluding carboxylic acids is 2. The number of anilines is 2. The molecule has 0 unspecified atom stereocenters. The molecule has 2 aromatic carbocycles. The molecule has 0 aliphatic rings.